The molecule has 0 aliphatic rings. The number of anilines is 3. The molecule has 0 unspecified atom stereocenters. The van der Waals surface area contributed by atoms with Gasteiger partial charge in [0.1, 0.15) is 5.82 Å². The van der Waals surface area contributed by atoms with Crippen molar-refractivity contribution in [3.05, 3.63) is 34.4 Å². The Bertz CT molecular complexity index is 939. The fourth-order valence-electron chi connectivity index (χ4n) is 2.39. The molecule has 0 fully saturated rings. The lowest BCUT2D eigenvalue weighted by Crippen LogP contribution is -2.31. The number of aliphatic hydroxyl groups excluding tert-OH is 1. The van der Waals surface area contributed by atoms with Gasteiger partial charge in [0, 0.05) is 31.0 Å². The highest BCUT2D eigenvalue weighted by atomic mass is 79.9. The first kappa shape index (κ1) is 23.5. The molecular weight excluding hydrogens is 460 g/mol. The molecule has 11 heteroatoms. The fourth-order valence-corrected chi connectivity index (χ4v) is 3.98. The molecule has 0 amide bonds. The van der Waals surface area contributed by atoms with Gasteiger partial charge in [-0.3, -0.25) is 0 Å². The number of rotatable bonds is 10. The zero-order valence-corrected chi connectivity index (χ0v) is 19.3. The number of aromatic nitrogens is 2. The van der Waals surface area contributed by atoms with Crippen LogP contribution in [0.3, 0.4) is 0 Å². The van der Waals surface area contributed by atoms with Crippen LogP contribution in [0, 0.1) is 6.92 Å². The van der Waals surface area contributed by atoms with Crippen LogP contribution in [0.4, 0.5) is 17.5 Å². The molecule has 160 valence electrons. The van der Waals surface area contributed by atoms with Crippen LogP contribution >= 0.6 is 15.9 Å². The summed E-state index contributed by atoms with van der Waals surface area (Å²) in [6.07, 6.45) is 1.58. The smallest absolute Gasteiger partial charge is 0.240 e. The third kappa shape index (κ3) is 6.89. The molecule has 1 aromatic heterocycles. The minimum absolute atomic E-state index is 0.0425. The van der Waals surface area contributed by atoms with Crippen LogP contribution in [-0.2, 0) is 10.0 Å². The maximum absolute atomic E-state index is 12.7. The Morgan fingerprint density at radius 3 is 2.69 bits per heavy atom. The Balaban J connectivity index is 2.23. The number of sulfonamides is 1. The maximum Gasteiger partial charge on any atom is 0.240 e. The van der Waals surface area contributed by atoms with Gasteiger partial charge in [-0.2, -0.15) is 4.98 Å². The normalized spacial score (nSPS) is 12.8. The average molecular weight is 487 g/mol. The third-order valence-electron chi connectivity index (χ3n) is 3.99. The second kappa shape index (κ2) is 10.3. The Morgan fingerprint density at radius 2 is 2.03 bits per heavy atom. The van der Waals surface area contributed by atoms with Crippen molar-refractivity contribution in [1.29, 1.82) is 0 Å². The van der Waals surface area contributed by atoms with Gasteiger partial charge in [0.05, 0.1) is 16.0 Å². The van der Waals surface area contributed by atoms with Crippen LogP contribution in [-0.4, -0.2) is 68.2 Å². The van der Waals surface area contributed by atoms with E-state index in [4.69, 9.17) is 0 Å². The van der Waals surface area contributed by atoms with Crippen LogP contribution in [0.2, 0.25) is 0 Å². The number of benzene rings is 1. The van der Waals surface area contributed by atoms with E-state index in [0.717, 1.165) is 0 Å². The van der Waals surface area contributed by atoms with Crippen molar-refractivity contribution in [2.45, 2.75) is 24.8 Å². The van der Waals surface area contributed by atoms with Gasteiger partial charge in [-0.15, -0.1) is 0 Å². The number of likely N-dealkylation sites (N-methyl/N-ethyl adjacent to an activating group) is 1. The molecule has 0 saturated carbocycles. The highest BCUT2D eigenvalue weighted by Gasteiger charge is 2.17. The third-order valence-corrected chi connectivity index (χ3v) is 6.17. The van der Waals surface area contributed by atoms with E-state index in [1.54, 1.807) is 31.3 Å². The van der Waals surface area contributed by atoms with Gasteiger partial charge in [0.2, 0.25) is 16.0 Å². The Labute approximate surface area is 180 Å². The van der Waals surface area contributed by atoms with Gasteiger partial charge in [-0.25, -0.2) is 18.1 Å². The molecule has 0 spiro atoms. The predicted octanol–water partition coefficient (Wildman–Crippen LogP) is 1.92. The van der Waals surface area contributed by atoms with E-state index in [1.165, 1.54) is 0 Å². The quantitative estimate of drug-likeness (QED) is 0.402. The summed E-state index contributed by atoms with van der Waals surface area (Å²) in [4.78, 5) is 10.7. The monoisotopic (exact) mass is 486 g/mol. The zero-order chi connectivity index (χ0) is 21.6. The van der Waals surface area contributed by atoms with Crippen molar-refractivity contribution < 1.29 is 13.5 Å². The molecule has 0 bridgehead atoms. The summed E-state index contributed by atoms with van der Waals surface area (Å²) >= 11 is 3.37. The minimum atomic E-state index is -3.64. The summed E-state index contributed by atoms with van der Waals surface area (Å²) in [5, 5.41) is 15.3. The molecule has 2 rings (SSSR count). The molecule has 0 aliphatic carbocycles. The lowest BCUT2D eigenvalue weighted by atomic mass is 10.2. The Morgan fingerprint density at radius 1 is 1.31 bits per heavy atom. The van der Waals surface area contributed by atoms with E-state index in [0.29, 0.717) is 40.6 Å². The van der Waals surface area contributed by atoms with Crippen LogP contribution in [0.15, 0.2) is 33.8 Å². The highest BCUT2D eigenvalue weighted by molar-refractivity contribution is 9.10. The van der Waals surface area contributed by atoms with Gasteiger partial charge in [-0.05, 0) is 61.6 Å². The average Bonchev–Trinajstić information content (AvgIpc) is 2.65. The van der Waals surface area contributed by atoms with Crippen LogP contribution in [0.1, 0.15) is 12.5 Å². The number of aryl methyl sites for hydroxylation is 1. The number of hydrogen-bond acceptors (Lipinski definition) is 8. The van der Waals surface area contributed by atoms with Gasteiger partial charge in [0.25, 0.3) is 0 Å². The van der Waals surface area contributed by atoms with Crippen molar-refractivity contribution in [3.63, 3.8) is 0 Å². The van der Waals surface area contributed by atoms with E-state index >= 15 is 0 Å². The highest BCUT2D eigenvalue weighted by Crippen LogP contribution is 2.25. The molecule has 1 aromatic carbocycles. The van der Waals surface area contributed by atoms with E-state index in [2.05, 4.69) is 41.3 Å². The van der Waals surface area contributed by atoms with Crippen molar-refractivity contribution in [3.8, 4) is 0 Å². The minimum Gasteiger partial charge on any atom is -0.394 e. The first-order valence-corrected chi connectivity index (χ1v) is 11.3. The van der Waals surface area contributed by atoms with Crippen molar-refractivity contribution in [1.82, 2.24) is 19.6 Å². The maximum atomic E-state index is 12.7. The summed E-state index contributed by atoms with van der Waals surface area (Å²) in [6.45, 7) is 4.45. The Kier molecular flexibility index (Phi) is 8.34. The van der Waals surface area contributed by atoms with Crippen molar-refractivity contribution in [2.75, 3.05) is 44.4 Å². The second-order valence-corrected chi connectivity index (χ2v) is 9.51. The molecule has 2 aromatic rings. The van der Waals surface area contributed by atoms with E-state index in [-0.39, 0.29) is 17.5 Å². The summed E-state index contributed by atoms with van der Waals surface area (Å²) in [5.74, 6) is 0.822. The predicted molar refractivity (Wildman–Crippen MR) is 118 cm³/mol. The molecule has 1 heterocycles. The van der Waals surface area contributed by atoms with Crippen molar-refractivity contribution in [2.24, 2.45) is 0 Å². The lowest BCUT2D eigenvalue weighted by Gasteiger charge is -2.15. The molecule has 4 N–H and O–H groups in total. The van der Waals surface area contributed by atoms with E-state index < -0.39 is 10.0 Å². The molecule has 1 atom stereocenters. The van der Waals surface area contributed by atoms with Crippen molar-refractivity contribution >= 4 is 43.4 Å². The molecule has 29 heavy (non-hydrogen) atoms. The standard InChI is InChI=1S/C18H27BrN6O3S/c1-12-5-6-14(9-16(12)29(27,28)21-7-8-25(3)4)23-18-20-10-15(19)17(24-18)22-13(2)11-26/h5-6,9-10,13,21,26H,7-8,11H2,1-4H3,(H2,20,22,23,24)/t13-/m1/s1. The zero-order valence-electron chi connectivity index (χ0n) is 16.9. The fraction of sp³-hybridized carbons (Fsp3) is 0.444. The number of hydrogen-bond donors (Lipinski definition) is 4. The molecule has 9 nitrogen and oxygen atoms in total. The number of nitrogens with one attached hydrogen (secondary N) is 3. The summed E-state index contributed by atoms with van der Waals surface area (Å²) in [6, 6.07) is 4.87. The van der Waals surface area contributed by atoms with Gasteiger partial charge in [0.15, 0.2) is 0 Å². The summed E-state index contributed by atoms with van der Waals surface area (Å²) < 4.78 is 28.6. The summed E-state index contributed by atoms with van der Waals surface area (Å²) in [5.41, 5.74) is 1.19. The topological polar surface area (TPSA) is 119 Å². The van der Waals surface area contributed by atoms with Crippen LogP contribution in [0.5, 0.6) is 0 Å². The SMILES string of the molecule is Cc1ccc(Nc2ncc(Br)c(N[C@H](C)CO)n2)cc1S(=O)(=O)NCCN(C)C. The van der Waals surface area contributed by atoms with Crippen LogP contribution < -0.4 is 15.4 Å². The van der Waals surface area contributed by atoms with E-state index in [1.807, 2.05) is 25.9 Å². The Hall–Kier alpha value is -1.79. The lowest BCUT2D eigenvalue weighted by molar-refractivity contribution is 0.281. The van der Waals surface area contributed by atoms with Crippen LogP contribution in [0.25, 0.3) is 0 Å². The first-order valence-electron chi connectivity index (χ1n) is 9.04. The molecule has 0 radical (unpaired) electrons. The van der Waals surface area contributed by atoms with Gasteiger partial charge >= 0.3 is 0 Å². The first-order chi connectivity index (χ1) is 13.6. The molecule has 0 aliphatic heterocycles. The number of aliphatic hydroxyl groups is 1. The largest absolute Gasteiger partial charge is 0.394 e. The summed E-state index contributed by atoms with van der Waals surface area (Å²) in [7, 11) is 0.123. The second-order valence-electron chi connectivity index (χ2n) is 6.92. The number of halogens is 1. The van der Waals surface area contributed by atoms with E-state index in [9.17, 15) is 13.5 Å². The molecular formula is C18H27BrN6O3S. The van der Waals surface area contributed by atoms with Gasteiger partial charge in [-0.1, -0.05) is 6.07 Å². The van der Waals surface area contributed by atoms with Gasteiger partial charge < -0.3 is 20.6 Å². The number of nitrogens with zero attached hydrogens (tertiary/aromatic N) is 3. The molecule has 0 saturated heterocycles.